The normalized spacial score (nSPS) is 14.2. The number of halogens is 2. The highest BCUT2D eigenvalue weighted by Crippen LogP contribution is 2.40. The lowest BCUT2D eigenvalue weighted by molar-refractivity contribution is -0.127. The Bertz CT molecular complexity index is 1450. The van der Waals surface area contributed by atoms with Crippen LogP contribution in [0.4, 0.5) is 14.9 Å². The second-order valence-electron chi connectivity index (χ2n) is 8.19. The van der Waals surface area contributed by atoms with Gasteiger partial charge in [-0.2, -0.15) is 0 Å². The topological polar surface area (TPSA) is 84.9 Å². The fourth-order valence-electron chi connectivity index (χ4n) is 3.67. The summed E-state index contributed by atoms with van der Waals surface area (Å²) in [6.45, 7) is 1.75. The molecule has 1 aliphatic heterocycles. The van der Waals surface area contributed by atoms with Crippen LogP contribution in [0, 0.1) is 5.82 Å². The summed E-state index contributed by atoms with van der Waals surface area (Å²) in [4.78, 5) is 40.2. The maximum Gasteiger partial charge on any atom is 0.294 e. The molecule has 0 aliphatic carbocycles. The molecule has 1 saturated heterocycles. The van der Waals surface area contributed by atoms with Crippen LogP contribution in [0.3, 0.4) is 0 Å². The number of benzene rings is 3. The molecule has 1 fully saturated rings. The lowest BCUT2D eigenvalue weighted by Crippen LogP contribution is -2.36. The summed E-state index contributed by atoms with van der Waals surface area (Å²) in [6, 6.07) is 17.0. The zero-order valence-corrected chi connectivity index (χ0v) is 24.3. The van der Waals surface area contributed by atoms with Gasteiger partial charge in [-0.05, 0) is 88.9 Å². The van der Waals surface area contributed by atoms with Crippen molar-refractivity contribution in [3.63, 3.8) is 0 Å². The van der Waals surface area contributed by atoms with Crippen LogP contribution in [0.1, 0.15) is 18.1 Å². The maximum absolute atomic E-state index is 14.0. The van der Waals surface area contributed by atoms with E-state index in [9.17, 15) is 18.8 Å². The lowest BCUT2D eigenvalue weighted by atomic mass is 10.1. The van der Waals surface area contributed by atoms with Crippen molar-refractivity contribution in [1.29, 1.82) is 0 Å². The Labute approximate surface area is 242 Å². The summed E-state index contributed by atoms with van der Waals surface area (Å²) in [5, 5.41) is 2.19. The quantitative estimate of drug-likeness (QED) is 0.191. The van der Waals surface area contributed by atoms with Crippen LogP contribution in [-0.4, -0.2) is 41.4 Å². The third-order valence-corrected chi connectivity index (χ3v) is 7.71. The number of nitrogens with one attached hydrogen (secondary N) is 1. The van der Waals surface area contributed by atoms with Gasteiger partial charge in [0, 0.05) is 16.1 Å². The Hall–Kier alpha value is -3.28. The number of carbonyl (C=O) groups is 3. The van der Waals surface area contributed by atoms with E-state index in [1.54, 1.807) is 42.5 Å². The minimum absolute atomic E-state index is 0.00672. The van der Waals surface area contributed by atoms with Crippen LogP contribution in [0.25, 0.3) is 6.08 Å². The second-order valence-corrected chi connectivity index (χ2v) is 10.9. The van der Waals surface area contributed by atoms with Gasteiger partial charge in [0.1, 0.15) is 19.0 Å². The third-order valence-electron chi connectivity index (χ3n) is 5.49. The van der Waals surface area contributed by atoms with E-state index >= 15 is 0 Å². The molecule has 11 heteroatoms. The Kier molecular flexibility index (Phi) is 9.71. The second kappa shape index (κ2) is 13.2. The van der Waals surface area contributed by atoms with Gasteiger partial charge in [-0.3, -0.25) is 19.3 Å². The van der Waals surface area contributed by atoms with Crippen LogP contribution >= 0.6 is 39.5 Å². The van der Waals surface area contributed by atoms with E-state index in [0.29, 0.717) is 39.4 Å². The lowest BCUT2D eigenvalue weighted by Gasteiger charge is -2.15. The number of anilines is 1. The fourth-order valence-corrected chi connectivity index (χ4v) is 5.54. The largest absolute Gasteiger partial charge is 0.490 e. The average Bonchev–Trinajstić information content (AvgIpc) is 3.16. The number of amides is 3. The number of thioether (sulfide) groups is 2. The van der Waals surface area contributed by atoms with Gasteiger partial charge >= 0.3 is 0 Å². The minimum atomic E-state index is -0.563. The predicted octanol–water partition coefficient (Wildman–Crippen LogP) is 6.96. The van der Waals surface area contributed by atoms with Gasteiger partial charge < -0.3 is 14.8 Å². The van der Waals surface area contributed by atoms with Crippen LogP contribution in [0.5, 0.6) is 11.5 Å². The van der Waals surface area contributed by atoms with Gasteiger partial charge in [0.05, 0.1) is 16.0 Å². The molecular weight excluding hydrogens is 607 g/mol. The van der Waals surface area contributed by atoms with E-state index in [2.05, 4.69) is 21.2 Å². The van der Waals surface area contributed by atoms with Gasteiger partial charge in [0.25, 0.3) is 11.1 Å². The number of ether oxygens (including phenoxy) is 2. The molecule has 0 bridgehead atoms. The number of hydrogen-bond donors (Lipinski definition) is 1. The first kappa shape index (κ1) is 28.7. The molecule has 1 aliphatic rings. The van der Waals surface area contributed by atoms with Crippen molar-refractivity contribution < 1.29 is 28.2 Å². The molecule has 0 unspecified atom stereocenters. The molecule has 0 atom stereocenters. The molecule has 0 radical (unpaired) electrons. The summed E-state index contributed by atoms with van der Waals surface area (Å²) >= 11 is 5.76. The number of hydrogen-bond acceptors (Lipinski definition) is 7. The fraction of sp³-hybridized carbons (Fsp3) is 0.179. The van der Waals surface area contributed by atoms with Crippen LogP contribution in [0.15, 0.2) is 74.9 Å². The van der Waals surface area contributed by atoms with Crippen molar-refractivity contribution in [2.24, 2.45) is 0 Å². The van der Waals surface area contributed by atoms with Crippen LogP contribution in [-0.2, 0) is 16.2 Å². The summed E-state index contributed by atoms with van der Waals surface area (Å²) in [5.74, 6) is -0.643. The van der Waals surface area contributed by atoms with Gasteiger partial charge in [-0.25, -0.2) is 4.39 Å². The van der Waals surface area contributed by atoms with Gasteiger partial charge in [0.2, 0.25) is 5.91 Å². The average molecular weight is 632 g/mol. The number of carbonyl (C=O) groups excluding carboxylic acids is 3. The van der Waals surface area contributed by atoms with Crippen LogP contribution in [0.2, 0.25) is 0 Å². The van der Waals surface area contributed by atoms with Crippen molar-refractivity contribution in [2.45, 2.75) is 18.4 Å². The van der Waals surface area contributed by atoms with E-state index < -0.39 is 23.6 Å². The molecular formula is C28H24BrFN2O5S2. The van der Waals surface area contributed by atoms with Gasteiger partial charge in [-0.1, -0.05) is 24.3 Å². The smallest absolute Gasteiger partial charge is 0.294 e. The zero-order chi connectivity index (χ0) is 27.9. The first-order chi connectivity index (χ1) is 18.8. The van der Waals surface area contributed by atoms with E-state index in [1.807, 2.05) is 31.4 Å². The first-order valence-corrected chi connectivity index (χ1v) is 14.6. The summed E-state index contributed by atoms with van der Waals surface area (Å²) in [6.07, 6.45) is 3.48. The zero-order valence-electron chi connectivity index (χ0n) is 21.0. The summed E-state index contributed by atoms with van der Waals surface area (Å²) < 4.78 is 26.2. The molecule has 3 amide bonds. The molecule has 3 aromatic rings. The standard InChI is InChI=1S/C28H24BrFN2O5S2/c1-3-36-23-12-17(11-21(29)26(23)37-16-18-7-4-5-10-22(18)30)13-24-27(34)32(28(35)39-24)15-25(33)31-19-8-6-9-20(14-19)38-2/h4-14H,3,15-16H2,1-2H3,(H,31,33)/b24-13-. The monoisotopic (exact) mass is 630 g/mol. The van der Waals surface area contributed by atoms with Crippen molar-refractivity contribution >= 4 is 68.3 Å². The highest BCUT2D eigenvalue weighted by molar-refractivity contribution is 9.10. The molecule has 1 heterocycles. The highest BCUT2D eigenvalue weighted by Gasteiger charge is 2.36. The molecule has 202 valence electrons. The SMILES string of the molecule is CCOc1cc(/C=C2\SC(=O)N(CC(=O)Nc3cccc(SC)c3)C2=O)cc(Br)c1OCc1ccccc1F. The molecule has 1 N–H and O–H groups in total. The Morgan fingerprint density at radius 1 is 1.13 bits per heavy atom. The maximum atomic E-state index is 14.0. The minimum Gasteiger partial charge on any atom is -0.490 e. The Morgan fingerprint density at radius 3 is 2.67 bits per heavy atom. The van der Waals surface area contributed by atoms with Crippen molar-refractivity contribution in [3.8, 4) is 11.5 Å². The van der Waals surface area contributed by atoms with E-state index in [0.717, 1.165) is 21.6 Å². The number of rotatable bonds is 10. The molecule has 0 aromatic heterocycles. The molecule has 7 nitrogen and oxygen atoms in total. The molecule has 3 aromatic carbocycles. The van der Waals surface area contributed by atoms with E-state index in [4.69, 9.17) is 9.47 Å². The number of imide groups is 1. The summed E-state index contributed by atoms with van der Waals surface area (Å²) in [5.41, 5.74) is 1.55. The highest BCUT2D eigenvalue weighted by atomic mass is 79.9. The van der Waals surface area contributed by atoms with Gasteiger partial charge in [0.15, 0.2) is 11.5 Å². The summed E-state index contributed by atoms with van der Waals surface area (Å²) in [7, 11) is 0. The molecule has 0 saturated carbocycles. The Morgan fingerprint density at radius 2 is 1.92 bits per heavy atom. The van der Waals surface area contributed by atoms with Gasteiger partial charge in [-0.15, -0.1) is 11.8 Å². The van der Waals surface area contributed by atoms with Crippen molar-refractivity contribution in [3.05, 3.63) is 87.0 Å². The predicted molar refractivity (Wildman–Crippen MR) is 156 cm³/mol. The van der Waals surface area contributed by atoms with E-state index in [1.165, 1.54) is 17.8 Å². The molecule has 4 rings (SSSR count). The van der Waals surface area contributed by atoms with Crippen molar-refractivity contribution in [2.75, 3.05) is 24.7 Å². The van der Waals surface area contributed by atoms with Crippen molar-refractivity contribution in [1.82, 2.24) is 4.90 Å². The molecule has 0 spiro atoms. The van der Waals surface area contributed by atoms with E-state index in [-0.39, 0.29) is 17.3 Å². The molecule has 39 heavy (non-hydrogen) atoms. The Balaban J connectivity index is 1.49. The number of nitrogens with zero attached hydrogens (tertiary/aromatic N) is 1. The third kappa shape index (κ3) is 7.23. The van der Waals surface area contributed by atoms with Crippen LogP contribution < -0.4 is 14.8 Å². The first-order valence-electron chi connectivity index (χ1n) is 11.8.